The van der Waals surface area contributed by atoms with Gasteiger partial charge in [-0.05, 0) is 24.3 Å². The molecule has 0 unspecified atom stereocenters. The lowest BCUT2D eigenvalue weighted by molar-refractivity contribution is -0.137. The van der Waals surface area contributed by atoms with Crippen LogP contribution in [-0.2, 0) is 4.79 Å². The zero-order valence-corrected chi connectivity index (χ0v) is 9.24. The largest absolute Gasteiger partial charge is 0.493 e. The van der Waals surface area contributed by atoms with E-state index in [0.29, 0.717) is 5.75 Å². The molecule has 0 saturated carbocycles. The molecule has 2 aromatic rings. The smallest absolute Gasteiger partial charge is 0.306 e. The van der Waals surface area contributed by atoms with Gasteiger partial charge in [-0.1, -0.05) is 6.07 Å². The van der Waals surface area contributed by atoms with E-state index in [2.05, 4.69) is 0 Å². The van der Waals surface area contributed by atoms with Gasteiger partial charge in [0.05, 0.1) is 13.0 Å². The van der Waals surface area contributed by atoms with Crippen LogP contribution in [0, 0.1) is 0 Å². The Hall–Kier alpha value is -2.23. The number of carboxylic acids is 1. The summed E-state index contributed by atoms with van der Waals surface area (Å²) in [5.41, 5.74) is 0.989. The predicted octanol–water partition coefficient (Wildman–Crippen LogP) is 2.33. The number of nitrogens with zero attached hydrogens (tertiary/aromatic N) is 1. The molecule has 0 aliphatic carbocycles. The van der Waals surface area contributed by atoms with Crippen LogP contribution in [0.15, 0.2) is 48.8 Å². The van der Waals surface area contributed by atoms with Crippen molar-refractivity contribution in [2.75, 3.05) is 6.61 Å². The molecule has 0 radical (unpaired) electrons. The molecule has 1 aromatic carbocycles. The zero-order valence-electron chi connectivity index (χ0n) is 9.24. The van der Waals surface area contributed by atoms with Crippen LogP contribution in [0.5, 0.6) is 5.75 Å². The first kappa shape index (κ1) is 11.3. The molecule has 4 nitrogen and oxygen atoms in total. The Kier molecular flexibility index (Phi) is 3.45. The average molecular weight is 231 g/mol. The molecule has 4 heteroatoms. The molecule has 1 N–H and O–H groups in total. The van der Waals surface area contributed by atoms with Gasteiger partial charge in [-0.25, -0.2) is 0 Å². The minimum absolute atomic E-state index is 0.00769. The highest BCUT2D eigenvalue weighted by Crippen LogP contribution is 2.16. The Morgan fingerprint density at radius 3 is 2.71 bits per heavy atom. The molecule has 0 bridgehead atoms. The van der Waals surface area contributed by atoms with Crippen molar-refractivity contribution in [2.24, 2.45) is 0 Å². The van der Waals surface area contributed by atoms with Crippen LogP contribution in [0.1, 0.15) is 6.42 Å². The van der Waals surface area contributed by atoms with Crippen molar-refractivity contribution in [3.63, 3.8) is 0 Å². The Morgan fingerprint density at radius 2 is 2.00 bits per heavy atom. The van der Waals surface area contributed by atoms with E-state index in [1.807, 2.05) is 53.4 Å². The minimum Gasteiger partial charge on any atom is -0.493 e. The van der Waals surface area contributed by atoms with Crippen LogP contribution in [0.2, 0.25) is 0 Å². The van der Waals surface area contributed by atoms with Gasteiger partial charge in [-0.2, -0.15) is 0 Å². The second-order valence-electron chi connectivity index (χ2n) is 3.58. The predicted molar refractivity (Wildman–Crippen MR) is 63.5 cm³/mol. The Morgan fingerprint density at radius 1 is 1.24 bits per heavy atom. The SMILES string of the molecule is O=C(O)CCOc1cccc(-n2cccc2)c1. The lowest BCUT2D eigenvalue weighted by Crippen LogP contribution is -2.04. The van der Waals surface area contributed by atoms with Gasteiger partial charge in [0.2, 0.25) is 0 Å². The third-order valence-electron chi connectivity index (χ3n) is 2.30. The van der Waals surface area contributed by atoms with E-state index in [4.69, 9.17) is 9.84 Å². The van der Waals surface area contributed by atoms with Crippen molar-refractivity contribution in [3.8, 4) is 11.4 Å². The van der Waals surface area contributed by atoms with Crippen molar-refractivity contribution in [3.05, 3.63) is 48.8 Å². The van der Waals surface area contributed by atoms with Crippen LogP contribution < -0.4 is 4.74 Å². The molecule has 17 heavy (non-hydrogen) atoms. The molecule has 0 saturated heterocycles. The van der Waals surface area contributed by atoms with E-state index in [1.54, 1.807) is 0 Å². The molecule has 0 atom stereocenters. The minimum atomic E-state index is -0.855. The summed E-state index contributed by atoms with van der Waals surface area (Å²) in [6.45, 7) is 0.185. The van der Waals surface area contributed by atoms with Gasteiger partial charge >= 0.3 is 5.97 Å². The highest BCUT2D eigenvalue weighted by molar-refractivity contribution is 5.66. The summed E-state index contributed by atoms with van der Waals surface area (Å²) in [5.74, 6) is -0.177. The van der Waals surface area contributed by atoms with Crippen LogP contribution in [0.4, 0.5) is 0 Å². The lowest BCUT2D eigenvalue weighted by atomic mass is 10.3. The van der Waals surface area contributed by atoms with Crippen molar-refractivity contribution < 1.29 is 14.6 Å². The Labute approximate surface area is 99.1 Å². The molecular weight excluding hydrogens is 218 g/mol. The maximum absolute atomic E-state index is 10.4. The van der Waals surface area contributed by atoms with E-state index >= 15 is 0 Å². The molecule has 0 fully saturated rings. The highest BCUT2D eigenvalue weighted by Gasteiger charge is 2.00. The Bertz CT molecular complexity index is 491. The van der Waals surface area contributed by atoms with Crippen LogP contribution in [-0.4, -0.2) is 22.2 Å². The van der Waals surface area contributed by atoms with E-state index in [1.165, 1.54) is 0 Å². The second-order valence-corrected chi connectivity index (χ2v) is 3.58. The van der Waals surface area contributed by atoms with E-state index in [0.717, 1.165) is 5.69 Å². The first-order valence-electron chi connectivity index (χ1n) is 5.34. The topological polar surface area (TPSA) is 51.5 Å². The van der Waals surface area contributed by atoms with Crippen molar-refractivity contribution in [1.82, 2.24) is 4.57 Å². The van der Waals surface area contributed by atoms with Crippen molar-refractivity contribution >= 4 is 5.97 Å². The van der Waals surface area contributed by atoms with Gasteiger partial charge in [0.25, 0.3) is 0 Å². The third kappa shape index (κ3) is 3.11. The highest BCUT2D eigenvalue weighted by atomic mass is 16.5. The summed E-state index contributed by atoms with van der Waals surface area (Å²) in [6, 6.07) is 11.4. The average Bonchev–Trinajstić information content (AvgIpc) is 2.82. The fraction of sp³-hybridized carbons (Fsp3) is 0.154. The molecule has 0 aliphatic heterocycles. The van der Waals surface area contributed by atoms with Crippen molar-refractivity contribution in [1.29, 1.82) is 0 Å². The molecule has 0 amide bonds. The van der Waals surface area contributed by atoms with Crippen molar-refractivity contribution in [2.45, 2.75) is 6.42 Å². The van der Waals surface area contributed by atoms with Gasteiger partial charge in [-0.3, -0.25) is 4.79 Å². The number of aromatic nitrogens is 1. The molecular formula is C13H13NO3. The molecule has 1 aromatic heterocycles. The number of carbonyl (C=O) groups is 1. The summed E-state index contributed by atoms with van der Waals surface area (Å²) in [5, 5.41) is 8.51. The number of benzene rings is 1. The molecule has 0 aliphatic rings. The van der Waals surface area contributed by atoms with E-state index < -0.39 is 5.97 Å². The third-order valence-corrected chi connectivity index (χ3v) is 2.30. The first-order valence-corrected chi connectivity index (χ1v) is 5.34. The number of hydrogen-bond donors (Lipinski definition) is 1. The van der Waals surface area contributed by atoms with Gasteiger partial charge in [0, 0.05) is 24.1 Å². The summed E-state index contributed by atoms with van der Waals surface area (Å²) >= 11 is 0. The van der Waals surface area contributed by atoms with Gasteiger partial charge < -0.3 is 14.4 Å². The summed E-state index contributed by atoms with van der Waals surface area (Å²) in [4.78, 5) is 10.4. The number of hydrogen-bond acceptors (Lipinski definition) is 2. The van der Waals surface area contributed by atoms with E-state index in [-0.39, 0.29) is 13.0 Å². The maximum Gasteiger partial charge on any atom is 0.306 e. The monoisotopic (exact) mass is 231 g/mol. The van der Waals surface area contributed by atoms with Crippen LogP contribution in [0.3, 0.4) is 0 Å². The normalized spacial score (nSPS) is 10.1. The summed E-state index contributed by atoms with van der Waals surface area (Å²) in [7, 11) is 0. The quantitative estimate of drug-likeness (QED) is 0.859. The fourth-order valence-electron chi connectivity index (χ4n) is 1.50. The number of ether oxygens (including phenoxy) is 1. The van der Waals surface area contributed by atoms with Gasteiger partial charge in [0.1, 0.15) is 5.75 Å². The number of rotatable bonds is 5. The van der Waals surface area contributed by atoms with Crippen LogP contribution in [0.25, 0.3) is 5.69 Å². The number of aliphatic carboxylic acids is 1. The molecule has 88 valence electrons. The maximum atomic E-state index is 10.4. The molecule has 0 spiro atoms. The van der Waals surface area contributed by atoms with Crippen LogP contribution >= 0.6 is 0 Å². The van der Waals surface area contributed by atoms with E-state index in [9.17, 15) is 4.79 Å². The second kappa shape index (κ2) is 5.21. The number of carboxylic acid groups (broad SMARTS) is 1. The van der Waals surface area contributed by atoms with Gasteiger partial charge in [-0.15, -0.1) is 0 Å². The van der Waals surface area contributed by atoms with Gasteiger partial charge in [0.15, 0.2) is 0 Å². The molecule has 1 heterocycles. The lowest BCUT2D eigenvalue weighted by Gasteiger charge is -2.07. The standard InChI is InChI=1S/C13H13NO3/c15-13(16)6-9-17-12-5-3-4-11(10-12)14-7-1-2-8-14/h1-5,7-8,10H,6,9H2,(H,15,16). The first-order chi connectivity index (χ1) is 8.25. The zero-order chi connectivity index (χ0) is 12.1. The summed E-state index contributed by atoms with van der Waals surface area (Å²) in [6.07, 6.45) is 3.89. The Balaban J connectivity index is 2.04. The summed E-state index contributed by atoms with van der Waals surface area (Å²) < 4.78 is 7.32. The molecule has 2 rings (SSSR count). The fourth-order valence-corrected chi connectivity index (χ4v) is 1.50.